The second-order valence-electron chi connectivity index (χ2n) is 6.91. The van der Waals surface area contributed by atoms with Gasteiger partial charge < -0.3 is 10.6 Å². The Kier molecular flexibility index (Phi) is 5.85. The van der Waals surface area contributed by atoms with Crippen molar-refractivity contribution in [1.82, 2.24) is 14.7 Å². The van der Waals surface area contributed by atoms with Gasteiger partial charge in [-0.1, -0.05) is 54.6 Å². The van der Waals surface area contributed by atoms with Gasteiger partial charge in [0.25, 0.3) is 11.8 Å². The number of rotatable bonds is 7. The molecule has 30 heavy (non-hydrogen) atoms. The number of nitrogens with zero attached hydrogens (tertiary/aromatic N) is 2. The number of para-hydroxylation sites is 1. The van der Waals surface area contributed by atoms with Crippen LogP contribution in [0.2, 0.25) is 0 Å². The monoisotopic (exact) mass is 398 g/mol. The molecule has 2 aromatic heterocycles. The average molecular weight is 398 g/mol. The van der Waals surface area contributed by atoms with E-state index in [0.29, 0.717) is 17.7 Å². The lowest BCUT2D eigenvalue weighted by molar-refractivity contribution is 0.0942. The van der Waals surface area contributed by atoms with Crippen molar-refractivity contribution in [2.24, 2.45) is 0 Å². The van der Waals surface area contributed by atoms with Crippen LogP contribution >= 0.6 is 0 Å². The van der Waals surface area contributed by atoms with Crippen LogP contribution < -0.4 is 10.6 Å². The van der Waals surface area contributed by atoms with Crippen molar-refractivity contribution in [3.63, 3.8) is 0 Å². The molecule has 0 spiro atoms. The van der Waals surface area contributed by atoms with Gasteiger partial charge in [0.1, 0.15) is 0 Å². The summed E-state index contributed by atoms with van der Waals surface area (Å²) in [6, 6.07) is 24.7. The molecule has 2 aromatic carbocycles. The molecular weight excluding hydrogens is 376 g/mol. The van der Waals surface area contributed by atoms with E-state index in [1.807, 2.05) is 42.5 Å². The lowest BCUT2D eigenvalue weighted by Gasteiger charge is -2.05. The third-order valence-electron chi connectivity index (χ3n) is 4.77. The number of aromatic nitrogens is 2. The van der Waals surface area contributed by atoms with E-state index in [4.69, 9.17) is 0 Å². The summed E-state index contributed by atoms with van der Waals surface area (Å²) >= 11 is 0. The third-order valence-corrected chi connectivity index (χ3v) is 4.77. The van der Waals surface area contributed by atoms with Crippen molar-refractivity contribution >= 4 is 23.0 Å². The van der Waals surface area contributed by atoms with E-state index in [1.165, 1.54) is 5.56 Å². The number of fused-ring (bicyclic) bond motifs is 1. The molecule has 4 aromatic rings. The molecule has 6 nitrogen and oxygen atoms in total. The molecule has 0 fully saturated rings. The number of nitrogens with one attached hydrogen (secondary N) is 2. The number of imidazole rings is 1. The summed E-state index contributed by atoms with van der Waals surface area (Å²) in [4.78, 5) is 29.9. The fourth-order valence-electron chi connectivity index (χ4n) is 3.30. The maximum Gasteiger partial charge on any atom is 0.287 e. The Hall–Kier alpha value is -3.93. The van der Waals surface area contributed by atoms with Gasteiger partial charge in [-0.2, -0.15) is 0 Å². The summed E-state index contributed by atoms with van der Waals surface area (Å²) < 4.78 is 1.65. The molecule has 0 aliphatic heterocycles. The number of anilines is 1. The van der Waals surface area contributed by atoms with E-state index in [1.54, 1.807) is 34.9 Å². The van der Waals surface area contributed by atoms with Crippen LogP contribution in [0.1, 0.15) is 33.1 Å². The van der Waals surface area contributed by atoms with Gasteiger partial charge in [0.2, 0.25) is 5.82 Å². The van der Waals surface area contributed by atoms with Crippen molar-refractivity contribution in [2.45, 2.75) is 12.8 Å². The van der Waals surface area contributed by atoms with Gasteiger partial charge in [0.15, 0.2) is 5.69 Å². The number of amides is 2. The molecule has 4 rings (SSSR count). The number of pyridine rings is 1. The maximum absolute atomic E-state index is 12.8. The zero-order valence-electron chi connectivity index (χ0n) is 16.4. The maximum atomic E-state index is 12.8. The Morgan fingerprint density at radius 1 is 0.833 bits per heavy atom. The van der Waals surface area contributed by atoms with Crippen molar-refractivity contribution in [3.8, 4) is 0 Å². The molecular formula is C24H22N4O2. The lowest BCUT2D eigenvalue weighted by atomic mass is 10.1. The molecule has 2 N–H and O–H groups in total. The highest BCUT2D eigenvalue weighted by molar-refractivity contribution is 6.08. The second kappa shape index (κ2) is 9.05. The van der Waals surface area contributed by atoms with Gasteiger partial charge in [-0.15, -0.1) is 0 Å². The first kappa shape index (κ1) is 19.4. The predicted octanol–water partition coefficient (Wildman–Crippen LogP) is 3.95. The molecule has 0 aliphatic rings. The summed E-state index contributed by atoms with van der Waals surface area (Å²) in [7, 11) is 0. The normalized spacial score (nSPS) is 10.7. The minimum absolute atomic E-state index is 0.198. The van der Waals surface area contributed by atoms with Gasteiger partial charge in [-0.25, -0.2) is 4.98 Å². The van der Waals surface area contributed by atoms with Crippen molar-refractivity contribution in [3.05, 3.63) is 102 Å². The minimum atomic E-state index is -0.354. The van der Waals surface area contributed by atoms with E-state index in [-0.39, 0.29) is 23.3 Å². The summed E-state index contributed by atoms with van der Waals surface area (Å²) in [5.74, 6) is -0.459. The molecule has 0 atom stereocenters. The topological polar surface area (TPSA) is 75.5 Å². The van der Waals surface area contributed by atoms with E-state index < -0.39 is 0 Å². The van der Waals surface area contributed by atoms with Crippen molar-refractivity contribution in [1.29, 1.82) is 0 Å². The van der Waals surface area contributed by atoms with Gasteiger partial charge in [-0.05, 0) is 42.7 Å². The largest absolute Gasteiger partial charge is 0.349 e. The molecule has 2 amide bonds. The van der Waals surface area contributed by atoms with Crippen LogP contribution in [0.4, 0.5) is 5.69 Å². The zero-order chi connectivity index (χ0) is 20.8. The average Bonchev–Trinajstić information content (AvgIpc) is 3.18. The van der Waals surface area contributed by atoms with E-state index in [2.05, 4.69) is 27.8 Å². The highest BCUT2D eigenvalue weighted by Gasteiger charge is 2.21. The van der Waals surface area contributed by atoms with Crippen LogP contribution in [-0.2, 0) is 6.42 Å². The number of carbonyl (C=O) groups is 2. The molecule has 2 heterocycles. The molecule has 0 saturated heterocycles. The Labute approximate surface area is 174 Å². The number of aryl methyl sites for hydroxylation is 1. The van der Waals surface area contributed by atoms with Crippen LogP contribution in [0.5, 0.6) is 0 Å². The van der Waals surface area contributed by atoms with Crippen molar-refractivity contribution in [2.75, 3.05) is 11.9 Å². The Morgan fingerprint density at radius 3 is 2.30 bits per heavy atom. The number of carbonyl (C=O) groups excluding carboxylic acids is 2. The summed E-state index contributed by atoms with van der Waals surface area (Å²) in [5.41, 5.74) is 2.71. The lowest BCUT2D eigenvalue weighted by Crippen LogP contribution is -2.27. The Bertz CT molecular complexity index is 1150. The smallest absolute Gasteiger partial charge is 0.287 e. The van der Waals surface area contributed by atoms with E-state index in [9.17, 15) is 9.59 Å². The van der Waals surface area contributed by atoms with Crippen LogP contribution in [0.15, 0.2) is 85.1 Å². The van der Waals surface area contributed by atoms with E-state index in [0.717, 1.165) is 12.8 Å². The van der Waals surface area contributed by atoms with Crippen LogP contribution in [0, 0.1) is 0 Å². The predicted molar refractivity (Wildman–Crippen MR) is 117 cm³/mol. The van der Waals surface area contributed by atoms with Gasteiger partial charge >= 0.3 is 0 Å². The first-order valence-electron chi connectivity index (χ1n) is 9.88. The third kappa shape index (κ3) is 4.38. The standard InChI is InChI=1S/C24H22N4O2/c29-23(26-19-13-5-2-6-14-19)21-20-15-7-8-17-28(20)22(27-21)24(30)25-16-9-12-18-10-3-1-4-11-18/h1-8,10-11,13-15,17H,9,12,16H2,(H,25,30)(H,26,29). The molecule has 150 valence electrons. The van der Waals surface area contributed by atoms with Crippen LogP contribution in [0.25, 0.3) is 5.52 Å². The SMILES string of the molecule is O=C(Nc1ccccc1)c1nc(C(=O)NCCCc2ccccc2)n2ccccc12. The molecule has 0 radical (unpaired) electrons. The quantitative estimate of drug-likeness (QED) is 0.463. The fraction of sp³-hybridized carbons (Fsp3) is 0.125. The summed E-state index contributed by atoms with van der Waals surface area (Å²) in [6.07, 6.45) is 3.44. The highest BCUT2D eigenvalue weighted by Crippen LogP contribution is 2.16. The zero-order valence-corrected chi connectivity index (χ0v) is 16.4. The number of hydrogen-bond acceptors (Lipinski definition) is 3. The number of benzene rings is 2. The highest BCUT2D eigenvalue weighted by atomic mass is 16.2. The van der Waals surface area contributed by atoms with Gasteiger partial charge in [-0.3, -0.25) is 14.0 Å². The van der Waals surface area contributed by atoms with Crippen LogP contribution in [0.3, 0.4) is 0 Å². The first-order valence-corrected chi connectivity index (χ1v) is 9.88. The molecule has 0 unspecified atom stereocenters. The minimum Gasteiger partial charge on any atom is -0.349 e. The Balaban J connectivity index is 1.47. The summed E-state index contributed by atoms with van der Waals surface area (Å²) in [5, 5.41) is 5.74. The number of hydrogen-bond donors (Lipinski definition) is 2. The first-order chi connectivity index (χ1) is 14.7. The van der Waals surface area contributed by atoms with Gasteiger partial charge in [0.05, 0.1) is 5.52 Å². The fourth-order valence-corrected chi connectivity index (χ4v) is 3.30. The van der Waals surface area contributed by atoms with E-state index >= 15 is 0 Å². The molecule has 0 bridgehead atoms. The molecule has 0 aliphatic carbocycles. The molecule has 6 heteroatoms. The summed E-state index contributed by atoms with van der Waals surface area (Å²) in [6.45, 7) is 0.529. The van der Waals surface area contributed by atoms with Gasteiger partial charge in [0, 0.05) is 18.4 Å². The Morgan fingerprint density at radius 2 is 1.53 bits per heavy atom. The van der Waals surface area contributed by atoms with Crippen LogP contribution in [-0.4, -0.2) is 27.7 Å². The second-order valence-corrected chi connectivity index (χ2v) is 6.91. The molecule has 0 saturated carbocycles. The van der Waals surface area contributed by atoms with Crippen molar-refractivity contribution < 1.29 is 9.59 Å².